The lowest BCUT2D eigenvalue weighted by Gasteiger charge is -2.34. The Morgan fingerprint density at radius 2 is 0.743 bits per heavy atom. The van der Waals surface area contributed by atoms with Crippen LogP contribution in [0.3, 0.4) is 0 Å². The van der Waals surface area contributed by atoms with Crippen molar-refractivity contribution in [3.8, 4) is 55.6 Å². The number of anilines is 3. The molecule has 70 heavy (non-hydrogen) atoms. The van der Waals surface area contributed by atoms with Crippen LogP contribution in [0.5, 0.6) is 0 Å². The molecule has 328 valence electrons. The van der Waals surface area contributed by atoms with Gasteiger partial charge in [0.25, 0.3) is 0 Å². The van der Waals surface area contributed by atoms with Gasteiger partial charge in [-0.15, -0.1) is 0 Å². The van der Waals surface area contributed by atoms with E-state index in [0.29, 0.717) is 0 Å². The van der Waals surface area contributed by atoms with Crippen LogP contribution in [-0.4, -0.2) is 0 Å². The Bertz CT molecular complexity index is 3800. The number of fused-ring (bicyclic) bond motifs is 6. The summed E-state index contributed by atoms with van der Waals surface area (Å²) in [7, 11) is 0. The van der Waals surface area contributed by atoms with Gasteiger partial charge in [-0.1, -0.05) is 255 Å². The monoisotopic (exact) mass is 889 g/mol. The Morgan fingerprint density at radius 3 is 1.40 bits per heavy atom. The number of hydrogen-bond acceptors (Lipinski definition) is 1. The molecule has 0 amide bonds. The van der Waals surface area contributed by atoms with Gasteiger partial charge in [-0.05, 0) is 119 Å². The summed E-state index contributed by atoms with van der Waals surface area (Å²) in [5, 5.41) is 4.98. The predicted octanol–water partition coefficient (Wildman–Crippen LogP) is 18.5. The lowest BCUT2D eigenvalue weighted by Crippen LogP contribution is -2.28. The first-order chi connectivity index (χ1) is 34.7. The lowest BCUT2D eigenvalue weighted by atomic mass is 9.68. The maximum absolute atomic E-state index is 2.54. The van der Waals surface area contributed by atoms with Gasteiger partial charge in [0, 0.05) is 16.8 Å². The van der Waals surface area contributed by atoms with Gasteiger partial charge in [0.1, 0.15) is 0 Å². The van der Waals surface area contributed by atoms with Gasteiger partial charge in [-0.3, -0.25) is 0 Å². The fraction of sp³-hybridized carbons (Fsp3) is 0.0145. The molecular weight excluding hydrogens is 843 g/mol. The fourth-order valence-corrected chi connectivity index (χ4v) is 11.4. The summed E-state index contributed by atoms with van der Waals surface area (Å²) >= 11 is 0. The maximum atomic E-state index is 2.54. The average Bonchev–Trinajstić information content (AvgIpc) is 3.76. The normalized spacial score (nSPS) is 12.4. The van der Waals surface area contributed by atoms with E-state index >= 15 is 0 Å². The minimum Gasteiger partial charge on any atom is -0.309 e. The summed E-state index contributed by atoms with van der Waals surface area (Å²) in [6, 6.07) is 105. The van der Waals surface area contributed by atoms with Crippen LogP contribution in [0.1, 0.15) is 22.3 Å². The molecule has 1 aliphatic carbocycles. The molecule has 12 aromatic rings. The van der Waals surface area contributed by atoms with E-state index in [1.54, 1.807) is 0 Å². The zero-order valence-corrected chi connectivity index (χ0v) is 38.6. The van der Waals surface area contributed by atoms with E-state index in [9.17, 15) is 0 Å². The molecule has 0 atom stereocenters. The summed E-state index contributed by atoms with van der Waals surface area (Å²) in [5.41, 5.74) is 19.7. The molecule has 12 aromatic carbocycles. The Hall–Kier alpha value is -9.04. The van der Waals surface area contributed by atoms with Crippen LogP contribution in [0.15, 0.2) is 285 Å². The number of nitrogens with zero attached hydrogens (tertiary/aromatic N) is 1. The second-order valence-corrected chi connectivity index (χ2v) is 18.3. The van der Waals surface area contributed by atoms with Gasteiger partial charge in [0.15, 0.2) is 0 Å². The van der Waals surface area contributed by atoms with Gasteiger partial charge >= 0.3 is 0 Å². The maximum Gasteiger partial charge on any atom is 0.0714 e. The van der Waals surface area contributed by atoms with Crippen molar-refractivity contribution in [3.05, 3.63) is 307 Å². The van der Waals surface area contributed by atoms with E-state index in [-0.39, 0.29) is 0 Å². The number of benzene rings is 12. The van der Waals surface area contributed by atoms with E-state index in [0.717, 1.165) is 33.8 Å². The molecule has 1 nitrogen and oxygen atoms in total. The van der Waals surface area contributed by atoms with Crippen LogP contribution in [-0.2, 0) is 5.41 Å². The molecule has 13 rings (SSSR count). The summed E-state index contributed by atoms with van der Waals surface area (Å²) in [6.45, 7) is 0. The lowest BCUT2D eigenvalue weighted by molar-refractivity contribution is 0.768. The minimum atomic E-state index is -0.556. The standard InChI is InChI=1S/C69H47N/c1-5-20-48(21-6-1)49-36-38-50(39-37-49)51-40-43-57(44-41-51)70(66-35-19-34-65-68(66)62-32-17-18-33-64(62)69(65,55-25-9-3-10-26-55)56-27-11-4-12-28-56)67-47-54(42-45-59(67)52-22-7-2-8-23-52)63-46-53-24-13-14-29-58(53)60-30-15-16-31-61(60)63/h1-47H. The van der Waals surface area contributed by atoms with Gasteiger partial charge in [-0.25, -0.2) is 0 Å². The van der Waals surface area contributed by atoms with Crippen molar-refractivity contribution in [1.29, 1.82) is 0 Å². The zero-order chi connectivity index (χ0) is 46.4. The molecule has 0 fully saturated rings. The smallest absolute Gasteiger partial charge is 0.0714 e. The van der Waals surface area contributed by atoms with Crippen LogP contribution in [0, 0.1) is 0 Å². The van der Waals surface area contributed by atoms with Crippen LogP contribution >= 0.6 is 0 Å². The molecule has 1 aliphatic rings. The van der Waals surface area contributed by atoms with Crippen molar-refractivity contribution in [2.45, 2.75) is 5.41 Å². The summed E-state index contributed by atoms with van der Waals surface area (Å²) in [4.78, 5) is 2.54. The van der Waals surface area contributed by atoms with E-state index < -0.39 is 5.41 Å². The third kappa shape index (κ3) is 6.78. The molecule has 0 aromatic heterocycles. The highest BCUT2D eigenvalue weighted by molar-refractivity contribution is 6.14. The third-order valence-electron chi connectivity index (χ3n) is 14.6. The van der Waals surface area contributed by atoms with Crippen LogP contribution in [0.2, 0.25) is 0 Å². The first kappa shape index (κ1) is 41.2. The molecule has 0 radical (unpaired) electrons. The third-order valence-corrected chi connectivity index (χ3v) is 14.6. The Labute approximate surface area is 409 Å². The van der Waals surface area contributed by atoms with Crippen molar-refractivity contribution in [1.82, 2.24) is 0 Å². The molecule has 0 heterocycles. The molecule has 0 N–H and O–H groups in total. The number of hydrogen-bond donors (Lipinski definition) is 0. The topological polar surface area (TPSA) is 3.24 Å². The molecule has 0 saturated heterocycles. The van der Waals surface area contributed by atoms with Crippen LogP contribution < -0.4 is 4.90 Å². The van der Waals surface area contributed by atoms with Crippen molar-refractivity contribution >= 4 is 38.6 Å². The van der Waals surface area contributed by atoms with E-state index in [1.807, 2.05) is 0 Å². The van der Waals surface area contributed by atoms with Crippen LogP contribution in [0.4, 0.5) is 17.1 Å². The second-order valence-electron chi connectivity index (χ2n) is 18.3. The summed E-state index contributed by atoms with van der Waals surface area (Å²) in [5.74, 6) is 0. The first-order valence-corrected chi connectivity index (χ1v) is 24.2. The Kier molecular flexibility index (Phi) is 10.1. The van der Waals surface area contributed by atoms with E-state index in [2.05, 4.69) is 290 Å². The van der Waals surface area contributed by atoms with Gasteiger partial charge in [0.05, 0.1) is 16.8 Å². The van der Waals surface area contributed by atoms with Crippen molar-refractivity contribution < 1.29 is 0 Å². The summed E-state index contributed by atoms with van der Waals surface area (Å²) in [6.07, 6.45) is 0. The SMILES string of the molecule is c1ccc(-c2ccc(-c3ccc(N(c4cc(-c5cc6ccccc6c6ccccc56)ccc4-c4ccccc4)c4cccc5c4-c4ccccc4C5(c4ccccc4)c4ccccc4)cc3)cc2)cc1. The first-order valence-electron chi connectivity index (χ1n) is 24.2. The van der Waals surface area contributed by atoms with E-state index in [4.69, 9.17) is 0 Å². The van der Waals surface area contributed by atoms with Crippen molar-refractivity contribution in [2.75, 3.05) is 4.90 Å². The summed E-state index contributed by atoms with van der Waals surface area (Å²) < 4.78 is 0. The molecule has 0 unspecified atom stereocenters. The highest BCUT2D eigenvalue weighted by atomic mass is 15.1. The van der Waals surface area contributed by atoms with Crippen LogP contribution in [0.25, 0.3) is 77.2 Å². The average molecular weight is 890 g/mol. The van der Waals surface area contributed by atoms with Gasteiger partial charge in [-0.2, -0.15) is 0 Å². The fourth-order valence-electron chi connectivity index (χ4n) is 11.4. The Morgan fingerprint density at radius 1 is 0.257 bits per heavy atom. The highest BCUT2D eigenvalue weighted by Crippen LogP contribution is 2.60. The van der Waals surface area contributed by atoms with Crippen molar-refractivity contribution in [3.63, 3.8) is 0 Å². The van der Waals surface area contributed by atoms with Crippen molar-refractivity contribution in [2.24, 2.45) is 0 Å². The number of rotatable bonds is 9. The van der Waals surface area contributed by atoms with E-state index in [1.165, 1.54) is 82.7 Å². The highest BCUT2D eigenvalue weighted by Gasteiger charge is 2.47. The largest absolute Gasteiger partial charge is 0.309 e. The molecule has 0 spiro atoms. The molecular formula is C69H47N. The molecule has 0 bridgehead atoms. The van der Waals surface area contributed by atoms with Gasteiger partial charge < -0.3 is 4.90 Å². The minimum absolute atomic E-state index is 0.556. The predicted molar refractivity (Wildman–Crippen MR) is 295 cm³/mol. The van der Waals surface area contributed by atoms with Gasteiger partial charge in [0.2, 0.25) is 0 Å². The second kappa shape index (κ2) is 17.2. The quantitative estimate of drug-likeness (QED) is 0.131. The molecule has 1 heteroatoms. The Balaban J connectivity index is 1.08. The molecule has 0 saturated carbocycles. The molecule has 0 aliphatic heterocycles. The zero-order valence-electron chi connectivity index (χ0n) is 38.6.